The third-order valence-electron chi connectivity index (χ3n) is 5.49. The zero-order valence-electron chi connectivity index (χ0n) is 16.0. The Labute approximate surface area is 169 Å². The van der Waals surface area contributed by atoms with Crippen LogP contribution < -0.4 is 11.1 Å². The molecule has 2 amide bonds. The van der Waals surface area contributed by atoms with Crippen LogP contribution in [0.3, 0.4) is 0 Å². The van der Waals surface area contributed by atoms with Gasteiger partial charge in [0.15, 0.2) is 5.82 Å². The minimum atomic E-state index is -0.132. The minimum Gasteiger partial charge on any atom is -0.405 e. The number of nitrogens with two attached hydrogens (primary N) is 1. The average molecular weight is 389 g/mol. The van der Waals surface area contributed by atoms with Crippen molar-refractivity contribution in [2.24, 2.45) is 10.7 Å². The Bertz CT molecular complexity index is 1170. The van der Waals surface area contributed by atoms with Gasteiger partial charge in [0.1, 0.15) is 0 Å². The van der Waals surface area contributed by atoms with Gasteiger partial charge in [-0.3, -0.25) is 4.99 Å². The van der Waals surface area contributed by atoms with Crippen molar-refractivity contribution in [1.82, 2.24) is 19.5 Å². The summed E-state index contributed by atoms with van der Waals surface area (Å²) in [7, 11) is 0. The standard InChI is InChI=1S/C21H21N7O.H2/c1-13-4-5-14(9-17(13)20-23-11-16-3-2-8-28(16)26-20)25-21(29)27-12-15-10-19(27)18(24-15)6-7-22;/h2-9,11,15,19H,10,12,22H2,1H3,(H,25,29);1H/b7-6-;/t15-,19?;/m0./s1. The quantitative estimate of drug-likeness (QED) is 0.719. The third kappa shape index (κ3) is 3.02. The lowest BCUT2D eigenvalue weighted by atomic mass is 10.1. The number of nitrogens with zero attached hydrogens (tertiary/aromatic N) is 5. The number of nitrogens with one attached hydrogen (secondary N) is 1. The Kier molecular flexibility index (Phi) is 4.04. The van der Waals surface area contributed by atoms with E-state index in [2.05, 4.69) is 20.4 Å². The van der Waals surface area contributed by atoms with Crippen molar-refractivity contribution >= 4 is 22.9 Å². The van der Waals surface area contributed by atoms with Crippen LogP contribution in [-0.2, 0) is 0 Å². The summed E-state index contributed by atoms with van der Waals surface area (Å²) in [6, 6.07) is 9.68. The van der Waals surface area contributed by atoms with Crippen LogP contribution in [0.15, 0.2) is 60.0 Å². The molecular formula is C21H23N7O. The number of aryl methyl sites for hydroxylation is 1. The molecule has 5 rings (SSSR count). The van der Waals surface area contributed by atoms with Crippen LogP contribution in [0, 0.1) is 6.92 Å². The number of aliphatic imine (C=N–C) groups is 1. The first-order chi connectivity index (χ1) is 14.1. The molecule has 1 aromatic carbocycles. The molecule has 0 saturated carbocycles. The second-order valence-corrected chi connectivity index (χ2v) is 7.39. The van der Waals surface area contributed by atoms with Gasteiger partial charge in [-0.05, 0) is 55.4 Å². The van der Waals surface area contributed by atoms with Crippen molar-refractivity contribution in [2.75, 3.05) is 11.9 Å². The highest BCUT2D eigenvalue weighted by atomic mass is 16.2. The Morgan fingerprint density at radius 1 is 1.38 bits per heavy atom. The molecule has 2 bridgehead atoms. The fourth-order valence-electron chi connectivity index (χ4n) is 4.06. The van der Waals surface area contributed by atoms with Crippen molar-refractivity contribution in [3.63, 3.8) is 0 Å². The Morgan fingerprint density at radius 3 is 3.10 bits per heavy atom. The second-order valence-electron chi connectivity index (χ2n) is 7.39. The van der Waals surface area contributed by atoms with Gasteiger partial charge in [0.25, 0.3) is 0 Å². The van der Waals surface area contributed by atoms with E-state index in [0.29, 0.717) is 18.1 Å². The van der Waals surface area contributed by atoms with E-state index in [0.717, 1.165) is 28.8 Å². The van der Waals surface area contributed by atoms with E-state index in [-0.39, 0.29) is 19.5 Å². The fraction of sp³-hybridized carbons (Fsp3) is 0.238. The fourth-order valence-corrected chi connectivity index (χ4v) is 4.06. The minimum absolute atomic E-state index is 0. The molecule has 2 atom stereocenters. The Hall–Kier alpha value is -3.68. The first-order valence-electron chi connectivity index (χ1n) is 9.57. The van der Waals surface area contributed by atoms with Crippen LogP contribution in [0.5, 0.6) is 0 Å². The summed E-state index contributed by atoms with van der Waals surface area (Å²) in [5, 5.41) is 7.59. The number of carbonyl (C=O) groups excluding carboxylic acids is 1. The highest BCUT2D eigenvalue weighted by Gasteiger charge is 2.42. The van der Waals surface area contributed by atoms with Crippen LogP contribution in [0.25, 0.3) is 16.9 Å². The molecule has 2 aromatic heterocycles. The van der Waals surface area contributed by atoms with Crippen molar-refractivity contribution in [3.05, 3.63) is 60.6 Å². The number of amides is 2. The number of fused-ring (bicyclic) bond motifs is 3. The predicted octanol–water partition coefficient (Wildman–Crippen LogP) is 2.85. The van der Waals surface area contributed by atoms with E-state index >= 15 is 0 Å². The first-order valence-corrected chi connectivity index (χ1v) is 9.57. The number of benzene rings is 1. The molecular weight excluding hydrogens is 366 g/mol. The summed E-state index contributed by atoms with van der Waals surface area (Å²) in [6.45, 7) is 2.63. The summed E-state index contributed by atoms with van der Waals surface area (Å²) >= 11 is 0. The maximum atomic E-state index is 12.9. The van der Waals surface area contributed by atoms with Gasteiger partial charge in [-0.2, -0.15) is 0 Å². The third-order valence-corrected chi connectivity index (χ3v) is 5.49. The maximum Gasteiger partial charge on any atom is 0.322 e. The average Bonchev–Trinajstić information content (AvgIpc) is 3.44. The molecule has 0 aliphatic carbocycles. The number of anilines is 1. The van der Waals surface area contributed by atoms with E-state index in [1.807, 2.05) is 48.4 Å². The van der Waals surface area contributed by atoms with Gasteiger partial charge in [0.05, 0.1) is 29.5 Å². The van der Waals surface area contributed by atoms with Crippen LogP contribution in [0.1, 0.15) is 13.4 Å². The van der Waals surface area contributed by atoms with Gasteiger partial charge >= 0.3 is 6.03 Å². The summed E-state index contributed by atoms with van der Waals surface area (Å²) in [4.78, 5) is 23.8. The lowest BCUT2D eigenvalue weighted by Gasteiger charge is -2.26. The molecule has 3 aromatic rings. The molecule has 0 spiro atoms. The highest BCUT2D eigenvalue weighted by molar-refractivity contribution is 6.04. The van der Waals surface area contributed by atoms with Gasteiger partial charge in [-0.1, -0.05) is 6.07 Å². The zero-order chi connectivity index (χ0) is 20.0. The molecule has 2 aliphatic rings. The van der Waals surface area contributed by atoms with Crippen molar-refractivity contribution < 1.29 is 6.22 Å². The topological polar surface area (TPSA) is 101 Å². The van der Waals surface area contributed by atoms with Crippen LogP contribution >= 0.6 is 0 Å². The summed E-state index contributed by atoms with van der Waals surface area (Å²) in [6.07, 6.45) is 7.79. The molecule has 29 heavy (non-hydrogen) atoms. The molecule has 1 unspecified atom stereocenters. The van der Waals surface area contributed by atoms with Crippen molar-refractivity contribution in [2.45, 2.75) is 25.4 Å². The molecule has 4 heterocycles. The smallest absolute Gasteiger partial charge is 0.322 e. The summed E-state index contributed by atoms with van der Waals surface area (Å²) in [5.74, 6) is 0.616. The van der Waals surface area contributed by atoms with Crippen LogP contribution in [0.2, 0.25) is 0 Å². The molecule has 2 aliphatic heterocycles. The van der Waals surface area contributed by atoms with Crippen molar-refractivity contribution in [1.29, 1.82) is 0 Å². The number of aromatic nitrogens is 3. The largest absolute Gasteiger partial charge is 0.405 e. The van der Waals surface area contributed by atoms with Gasteiger partial charge < -0.3 is 16.0 Å². The lowest BCUT2D eigenvalue weighted by Crippen LogP contribution is -2.44. The molecule has 8 nitrogen and oxygen atoms in total. The van der Waals surface area contributed by atoms with E-state index in [1.54, 1.807) is 16.8 Å². The SMILES string of the molecule is Cc1ccc(NC(=O)N2C[C@@H]3CC2C(/C=C\N)=N3)cc1-c1ncc2cccn2n1.[HH]. The number of rotatable bonds is 3. The molecule has 1 fully saturated rings. The molecule has 8 heteroatoms. The summed E-state index contributed by atoms with van der Waals surface area (Å²) in [5.41, 5.74) is 9.94. The number of carbonyl (C=O) groups is 1. The number of likely N-dealkylation sites (tertiary alicyclic amines) is 1. The van der Waals surface area contributed by atoms with Crippen LogP contribution in [0.4, 0.5) is 10.5 Å². The van der Waals surface area contributed by atoms with Crippen LogP contribution in [-0.4, -0.2) is 49.9 Å². The molecule has 3 N–H and O–H groups in total. The molecule has 148 valence electrons. The normalized spacial score (nSPS) is 20.6. The van der Waals surface area contributed by atoms with Gasteiger partial charge in [0.2, 0.25) is 0 Å². The van der Waals surface area contributed by atoms with E-state index in [1.165, 1.54) is 6.20 Å². The van der Waals surface area contributed by atoms with E-state index in [4.69, 9.17) is 5.73 Å². The second kappa shape index (κ2) is 6.73. The molecule has 0 radical (unpaired) electrons. The monoisotopic (exact) mass is 389 g/mol. The molecule has 1 saturated heterocycles. The van der Waals surface area contributed by atoms with E-state index < -0.39 is 0 Å². The zero-order valence-corrected chi connectivity index (χ0v) is 16.0. The first kappa shape index (κ1) is 17.4. The number of urea groups is 1. The van der Waals surface area contributed by atoms with Gasteiger partial charge in [0, 0.05) is 25.4 Å². The highest BCUT2D eigenvalue weighted by Crippen LogP contribution is 2.30. The predicted molar refractivity (Wildman–Crippen MR) is 114 cm³/mol. The Balaban J connectivity index is 0.00000218. The Morgan fingerprint density at radius 2 is 2.28 bits per heavy atom. The number of hydrogen-bond acceptors (Lipinski definition) is 5. The van der Waals surface area contributed by atoms with E-state index in [9.17, 15) is 4.79 Å². The van der Waals surface area contributed by atoms with Gasteiger partial charge in [-0.15, -0.1) is 5.10 Å². The summed E-state index contributed by atoms with van der Waals surface area (Å²) < 4.78 is 1.79. The number of hydrogen-bond donors (Lipinski definition) is 2. The lowest BCUT2D eigenvalue weighted by molar-refractivity contribution is 0.215. The van der Waals surface area contributed by atoms with Crippen molar-refractivity contribution in [3.8, 4) is 11.4 Å². The maximum absolute atomic E-state index is 12.9. The van der Waals surface area contributed by atoms with Gasteiger partial charge in [-0.25, -0.2) is 14.3 Å².